The third-order valence-electron chi connectivity index (χ3n) is 4.92. The smallest absolute Gasteiger partial charge is 0.237 e. The largest absolute Gasteiger partial charge is 0.356 e. The molecular formula is C22H26N2O4S2. The summed E-state index contributed by atoms with van der Waals surface area (Å²) in [5, 5.41) is 5.37. The lowest BCUT2D eigenvalue weighted by molar-refractivity contribution is -0.120. The fraction of sp³-hybridized carbons (Fsp3) is 0.364. The van der Waals surface area contributed by atoms with E-state index in [0.29, 0.717) is 25.1 Å². The molecule has 0 radical (unpaired) electrons. The first-order chi connectivity index (χ1) is 14.3. The van der Waals surface area contributed by atoms with Crippen LogP contribution in [0.25, 0.3) is 0 Å². The summed E-state index contributed by atoms with van der Waals surface area (Å²) in [6, 6.07) is 12.7. The summed E-state index contributed by atoms with van der Waals surface area (Å²) in [6.45, 7) is 4.40. The Hall–Kier alpha value is -2.32. The lowest BCUT2D eigenvalue weighted by Gasteiger charge is -2.23. The van der Waals surface area contributed by atoms with Crippen molar-refractivity contribution in [1.82, 2.24) is 5.32 Å². The third kappa shape index (κ3) is 5.64. The molecule has 0 spiro atoms. The number of hydrogen-bond donors (Lipinski definition) is 2. The molecule has 2 N–H and O–H groups in total. The van der Waals surface area contributed by atoms with Crippen LogP contribution in [-0.4, -0.2) is 37.8 Å². The lowest BCUT2D eigenvalue weighted by Crippen LogP contribution is -2.28. The van der Waals surface area contributed by atoms with Crippen LogP contribution in [0.4, 0.5) is 5.69 Å². The van der Waals surface area contributed by atoms with Gasteiger partial charge >= 0.3 is 0 Å². The Morgan fingerprint density at radius 2 is 2.00 bits per heavy atom. The number of rotatable bonds is 8. The van der Waals surface area contributed by atoms with Gasteiger partial charge in [-0.1, -0.05) is 36.8 Å². The van der Waals surface area contributed by atoms with E-state index in [1.807, 2.05) is 32.0 Å². The van der Waals surface area contributed by atoms with Crippen molar-refractivity contribution < 1.29 is 18.0 Å². The number of thioether (sulfide) groups is 1. The maximum Gasteiger partial charge on any atom is 0.237 e. The van der Waals surface area contributed by atoms with Gasteiger partial charge in [-0.2, -0.15) is 0 Å². The Morgan fingerprint density at radius 3 is 2.73 bits per heavy atom. The van der Waals surface area contributed by atoms with Gasteiger partial charge in [-0.25, -0.2) is 8.42 Å². The molecule has 2 aromatic carbocycles. The number of aryl methyl sites for hydroxylation is 1. The molecule has 0 saturated heterocycles. The number of carbonyl (C=O) groups is 2. The van der Waals surface area contributed by atoms with Gasteiger partial charge < -0.3 is 10.6 Å². The van der Waals surface area contributed by atoms with Crippen molar-refractivity contribution in [3.63, 3.8) is 0 Å². The first-order valence-electron chi connectivity index (χ1n) is 9.95. The zero-order valence-electron chi connectivity index (χ0n) is 17.1. The summed E-state index contributed by atoms with van der Waals surface area (Å²) in [5.41, 5.74) is 2.92. The van der Waals surface area contributed by atoms with E-state index < -0.39 is 9.84 Å². The SMILES string of the molecule is CCC1Sc2cc(S(=O)(=O)CCC(=O)NCCc3cccc(C)c3)ccc2NC1=O. The maximum atomic E-state index is 12.7. The van der Waals surface area contributed by atoms with Crippen LogP contribution in [0.1, 0.15) is 30.9 Å². The van der Waals surface area contributed by atoms with E-state index in [-0.39, 0.29) is 34.1 Å². The summed E-state index contributed by atoms with van der Waals surface area (Å²) in [7, 11) is -3.60. The summed E-state index contributed by atoms with van der Waals surface area (Å²) in [4.78, 5) is 25.0. The maximum absolute atomic E-state index is 12.7. The molecule has 0 fully saturated rings. The van der Waals surface area contributed by atoms with E-state index in [2.05, 4.69) is 16.7 Å². The number of anilines is 1. The van der Waals surface area contributed by atoms with Crippen LogP contribution in [-0.2, 0) is 25.8 Å². The molecule has 30 heavy (non-hydrogen) atoms. The van der Waals surface area contributed by atoms with E-state index >= 15 is 0 Å². The highest BCUT2D eigenvalue weighted by Gasteiger charge is 2.27. The number of fused-ring (bicyclic) bond motifs is 1. The minimum Gasteiger partial charge on any atom is -0.356 e. The topological polar surface area (TPSA) is 92.3 Å². The van der Waals surface area contributed by atoms with Gasteiger partial charge in [0.05, 0.1) is 21.6 Å². The molecule has 2 amide bonds. The average molecular weight is 447 g/mol. The minimum absolute atomic E-state index is 0.0621. The summed E-state index contributed by atoms with van der Waals surface area (Å²) in [6.07, 6.45) is 1.27. The zero-order chi connectivity index (χ0) is 21.7. The Balaban J connectivity index is 1.55. The molecule has 1 atom stereocenters. The predicted molar refractivity (Wildman–Crippen MR) is 120 cm³/mol. The van der Waals surface area contributed by atoms with Crippen LogP contribution < -0.4 is 10.6 Å². The highest BCUT2D eigenvalue weighted by atomic mass is 32.2. The van der Waals surface area contributed by atoms with Crippen molar-refractivity contribution in [3.05, 3.63) is 53.6 Å². The molecule has 160 valence electrons. The second-order valence-electron chi connectivity index (χ2n) is 7.32. The van der Waals surface area contributed by atoms with E-state index in [4.69, 9.17) is 0 Å². The van der Waals surface area contributed by atoms with Crippen LogP contribution in [0.3, 0.4) is 0 Å². The second kappa shape index (κ2) is 9.66. The Kier molecular flexibility index (Phi) is 7.20. The number of carbonyl (C=O) groups excluding carboxylic acids is 2. The standard InChI is InChI=1S/C22H26N2O4S2/c1-3-19-22(26)24-18-8-7-17(14-20(18)29-19)30(27,28)12-10-21(25)23-11-9-16-6-4-5-15(2)13-16/h4-8,13-14,19H,3,9-12H2,1-2H3,(H,23,25)(H,24,26). The van der Waals surface area contributed by atoms with Crippen LogP contribution in [0.2, 0.25) is 0 Å². The first-order valence-corrected chi connectivity index (χ1v) is 12.5. The molecule has 1 aliphatic heterocycles. The van der Waals surface area contributed by atoms with Gasteiger partial charge in [-0.05, 0) is 43.5 Å². The summed E-state index contributed by atoms with van der Waals surface area (Å²) >= 11 is 1.37. The van der Waals surface area contributed by atoms with Gasteiger partial charge in [0.2, 0.25) is 11.8 Å². The third-order valence-corrected chi connectivity index (χ3v) is 8.06. The van der Waals surface area contributed by atoms with Crippen molar-refractivity contribution in [2.24, 2.45) is 0 Å². The molecule has 1 heterocycles. The van der Waals surface area contributed by atoms with E-state index in [1.54, 1.807) is 12.1 Å². The number of hydrogen-bond acceptors (Lipinski definition) is 5. The molecule has 1 aliphatic rings. The molecule has 0 bridgehead atoms. The first kappa shape index (κ1) is 22.4. The fourth-order valence-corrected chi connectivity index (χ4v) is 5.65. The Bertz CT molecular complexity index is 1050. The monoisotopic (exact) mass is 446 g/mol. The van der Waals surface area contributed by atoms with Crippen LogP contribution in [0.15, 0.2) is 52.3 Å². The van der Waals surface area contributed by atoms with Gasteiger partial charge in [0, 0.05) is 17.9 Å². The van der Waals surface area contributed by atoms with Gasteiger partial charge in [0.15, 0.2) is 9.84 Å². The predicted octanol–water partition coefficient (Wildman–Crippen LogP) is 3.34. The van der Waals surface area contributed by atoms with Crippen LogP contribution >= 0.6 is 11.8 Å². The van der Waals surface area contributed by atoms with Crippen molar-refractivity contribution in [2.75, 3.05) is 17.6 Å². The van der Waals surface area contributed by atoms with E-state index in [0.717, 1.165) is 16.0 Å². The quantitative estimate of drug-likeness (QED) is 0.649. The molecule has 1 unspecified atom stereocenters. The van der Waals surface area contributed by atoms with Crippen molar-refractivity contribution in [3.8, 4) is 0 Å². The highest BCUT2D eigenvalue weighted by molar-refractivity contribution is 8.01. The van der Waals surface area contributed by atoms with Crippen molar-refractivity contribution >= 4 is 39.1 Å². The molecule has 8 heteroatoms. The van der Waals surface area contributed by atoms with Crippen LogP contribution in [0.5, 0.6) is 0 Å². The van der Waals surface area contributed by atoms with Gasteiger partial charge in [0.1, 0.15) is 0 Å². The zero-order valence-corrected chi connectivity index (χ0v) is 18.7. The van der Waals surface area contributed by atoms with Crippen molar-refractivity contribution in [1.29, 1.82) is 0 Å². The number of amides is 2. The van der Waals surface area contributed by atoms with Gasteiger partial charge in [0.25, 0.3) is 0 Å². The molecular weight excluding hydrogens is 420 g/mol. The molecule has 0 saturated carbocycles. The number of nitrogens with one attached hydrogen (secondary N) is 2. The molecule has 0 aromatic heterocycles. The molecule has 2 aromatic rings. The highest BCUT2D eigenvalue weighted by Crippen LogP contribution is 2.38. The number of sulfone groups is 1. The fourth-order valence-electron chi connectivity index (χ4n) is 3.23. The summed E-state index contributed by atoms with van der Waals surface area (Å²) < 4.78 is 25.4. The normalized spacial score (nSPS) is 15.9. The lowest BCUT2D eigenvalue weighted by atomic mass is 10.1. The van der Waals surface area contributed by atoms with Crippen LogP contribution in [0, 0.1) is 6.92 Å². The Morgan fingerprint density at radius 1 is 1.20 bits per heavy atom. The molecule has 3 rings (SSSR count). The Labute approximate surface area is 181 Å². The van der Waals surface area contributed by atoms with Crippen molar-refractivity contribution in [2.45, 2.75) is 48.2 Å². The van der Waals surface area contributed by atoms with Gasteiger partial charge in [-0.3, -0.25) is 9.59 Å². The van der Waals surface area contributed by atoms with Gasteiger partial charge in [-0.15, -0.1) is 11.8 Å². The van der Waals surface area contributed by atoms with E-state index in [9.17, 15) is 18.0 Å². The average Bonchev–Trinajstić information content (AvgIpc) is 2.71. The second-order valence-corrected chi connectivity index (χ2v) is 10.7. The minimum atomic E-state index is -3.60. The molecule has 0 aliphatic carbocycles. The number of benzene rings is 2. The molecule has 6 nitrogen and oxygen atoms in total. The van der Waals surface area contributed by atoms with E-state index in [1.165, 1.54) is 17.8 Å². The summed E-state index contributed by atoms with van der Waals surface area (Å²) in [5.74, 6) is -0.596.